The highest BCUT2D eigenvalue weighted by atomic mass is 19.1. The molecule has 0 aliphatic heterocycles. The predicted octanol–water partition coefficient (Wildman–Crippen LogP) is 3.00. The average molecular weight is 286 g/mol. The van der Waals surface area contributed by atoms with Crippen LogP contribution < -0.4 is 5.32 Å². The highest BCUT2D eigenvalue weighted by Crippen LogP contribution is 2.20. The molecular weight excluding hydrogens is 275 g/mol. The molecule has 0 saturated heterocycles. The van der Waals surface area contributed by atoms with Crippen molar-refractivity contribution >= 4 is 5.91 Å². The van der Waals surface area contributed by atoms with Gasteiger partial charge in [-0.05, 0) is 30.3 Å². The predicted molar refractivity (Wildman–Crippen MR) is 71.8 cm³/mol. The minimum Gasteiger partial charge on any atom is -0.461 e. The van der Waals surface area contributed by atoms with Crippen LogP contribution in [-0.4, -0.2) is 11.1 Å². The fourth-order valence-electron chi connectivity index (χ4n) is 1.83. The molecule has 0 radical (unpaired) electrons. The third-order valence-corrected chi connectivity index (χ3v) is 2.84. The largest absolute Gasteiger partial charge is 0.461 e. The monoisotopic (exact) mass is 286 g/mol. The topological polar surface area (TPSA) is 68.3 Å². The molecule has 0 bridgehead atoms. The third kappa shape index (κ3) is 3.00. The molecule has 21 heavy (non-hydrogen) atoms. The summed E-state index contributed by atoms with van der Waals surface area (Å²) in [5.41, 5.74) is 0.802. The van der Waals surface area contributed by atoms with Crippen LogP contribution >= 0.6 is 0 Å². The molecule has 0 unspecified atom stereocenters. The van der Waals surface area contributed by atoms with E-state index in [1.807, 2.05) is 0 Å². The number of amides is 1. The van der Waals surface area contributed by atoms with Crippen LogP contribution in [-0.2, 0) is 6.54 Å². The van der Waals surface area contributed by atoms with Gasteiger partial charge in [0, 0.05) is 11.6 Å². The average Bonchev–Trinajstić information content (AvgIpc) is 3.15. The normalized spacial score (nSPS) is 10.5. The van der Waals surface area contributed by atoms with Crippen molar-refractivity contribution in [2.45, 2.75) is 6.54 Å². The molecule has 0 atom stereocenters. The Kier molecular flexibility index (Phi) is 3.51. The van der Waals surface area contributed by atoms with Crippen LogP contribution in [0.15, 0.2) is 57.7 Å². The Morgan fingerprint density at radius 3 is 2.86 bits per heavy atom. The lowest BCUT2D eigenvalue weighted by Gasteiger charge is -2.02. The lowest BCUT2D eigenvalue weighted by Crippen LogP contribution is -2.22. The lowest BCUT2D eigenvalue weighted by atomic mass is 10.2. The molecule has 5 nitrogen and oxygen atoms in total. The minimum absolute atomic E-state index is 0.180. The van der Waals surface area contributed by atoms with Crippen molar-refractivity contribution in [2.75, 3.05) is 0 Å². The number of hydrogen-bond acceptors (Lipinski definition) is 4. The Morgan fingerprint density at radius 2 is 2.10 bits per heavy atom. The van der Waals surface area contributed by atoms with Gasteiger partial charge in [0.15, 0.2) is 5.76 Å². The molecule has 3 rings (SSSR count). The van der Waals surface area contributed by atoms with Crippen LogP contribution in [0, 0.1) is 5.82 Å². The number of halogens is 1. The first-order chi connectivity index (χ1) is 10.2. The molecule has 0 saturated carbocycles. The van der Waals surface area contributed by atoms with Crippen molar-refractivity contribution < 1.29 is 18.1 Å². The van der Waals surface area contributed by atoms with Gasteiger partial charge in [0.1, 0.15) is 11.5 Å². The van der Waals surface area contributed by atoms with Gasteiger partial charge in [-0.2, -0.15) is 0 Å². The molecule has 0 aliphatic carbocycles. The Hall–Kier alpha value is -2.89. The van der Waals surface area contributed by atoms with E-state index < -0.39 is 5.82 Å². The fourth-order valence-corrected chi connectivity index (χ4v) is 1.83. The molecule has 0 fully saturated rings. The van der Waals surface area contributed by atoms with Crippen LogP contribution in [0.5, 0.6) is 0 Å². The molecule has 0 spiro atoms. The Labute approximate surface area is 119 Å². The van der Waals surface area contributed by atoms with Crippen molar-refractivity contribution in [2.24, 2.45) is 0 Å². The van der Waals surface area contributed by atoms with Gasteiger partial charge in [-0.25, -0.2) is 4.39 Å². The van der Waals surface area contributed by atoms with Gasteiger partial charge in [0.2, 0.25) is 5.76 Å². The van der Waals surface area contributed by atoms with Gasteiger partial charge in [-0.15, -0.1) is 0 Å². The van der Waals surface area contributed by atoms with E-state index in [0.717, 1.165) is 0 Å². The highest BCUT2D eigenvalue weighted by Gasteiger charge is 2.11. The van der Waals surface area contributed by atoms with Crippen LogP contribution in [0.1, 0.15) is 16.1 Å². The van der Waals surface area contributed by atoms with Crippen molar-refractivity contribution in [3.8, 4) is 11.5 Å². The molecular formula is C15H11FN2O3. The van der Waals surface area contributed by atoms with Crippen molar-refractivity contribution in [1.29, 1.82) is 0 Å². The zero-order valence-electron chi connectivity index (χ0n) is 10.9. The van der Waals surface area contributed by atoms with Crippen LogP contribution in [0.4, 0.5) is 4.39 Å². The number of hydrogen-bond donors (Lipinski definition) is 1. The van der Waals surface area contributed by atoms with Crippen LogP contribution in [0.2, 0.25) is 0 Å². The summed E-state index contributed by atoms with van der Waals surface area (Å²) in [6, 6.07) is 10.6. The van der Waals surface area contributed by atoms with E-state index in [-0.39, 0.29) is 18.0 Å². The summed E-state index contributed by atoms with van der Waals surface area (Å²) >= 11 is 0. The fraction of sp³-hybridized carbons (Fsp3) is 0.0667. The Balaban J connectivity index is 1.64. The van der Waals surface area contributed by atoms with E-state index in [1.165, 1.54) is 30.5 Å². The standard InChI is InChI=1S/C15H11FN2O3/c16-11-4-1-3-10(7-11)15(19)17-9-12-8-14(21-18-12)13-5-2-6-20-13/h1-8H,9H2,(H,17,19). The van der Waals surface area contributed by atoms with Crippen LogP contribution in [0.25, 0.3) is 11.5 Å². The smallest absolute Gasteiger partial charge is 0.251 e. The third-order valence-electron chi connectivity index (χ3n) is 2.84. The quantitative estimate of drug-likeness (QED) is 0.800. The number of rotatable bonds is 4. The van der Waals surface area contributed by atoms with Crippen molar-refractivity contribution in [3.05, 3.63) is 65.8 Å². The second-order valence-electron chi connectivity index (χ2n) is 4.35. The maximum Gasteiger partial charge on any atom is 0.251 e. The van der Waals surface area contributed by atoms with Crippen molar-refractivity contribution in [1.82, 2.24) is 10.5 Å². The summed E-state index contributed by atoms with van der Waals surface area (Å²) in [6.45, 7) is 0.180. The summed E-state index contributed by atoms with van der Waals surface area (Å²) in [5, 5.41) is 6.47. The molecule has 3 aromatic rings. The number of carbonyl (C=O) groups excluding carboxylic acids is 1. The van der Waals surface area contributed by atoms with Gasteiger partial charge in [-0.3, -0.25) is 4.79 Å². The molecule has 6 heteroatoms. The molecule has 1 N–H and O–H groups in total. The van der Waals surface area contributed by atoms with Gasteiger partial charge < -0.3 is 14.3 Å². The van der Waals surface area contributed by atoms with Gasteiger partial charge in [0.05, 0.1) is 12.8 Å². The van der Waals surface area contributed by atoms with Crippen molar-refractivity contribution in [3.63, 3.8) is 0 Å². The first-order valence-electron chi connectivity index (χ1n) is 6.25. The summed E-state index contributed by atoms with van der Waals surface area (Å²) in [4.78, 5) is 11.9. The number of benzene rings is 1. The summed E-state index contributed by atoms with van der Waals surface area (Å²) < 4.78 is 23.3. The number of carbonyl (C=O) groups is 1. The second-order valence-corrected chi connectivity index (χ2v) is 4.35. The maximum atomic E-state index is 13.0. The van der Waals surface area contributed by atoms with E-state index >= 15 is 0 Å². The molecule has 1 aromatic carbocycles. The summed E-state index contributed by atoms with van der Waals surface area (Å²) in [7, 11) is 0. The zero-order valence-corrected chi connectivity index (χ0v) is 10.9. The minimum atomic E-state index is -0.454. The Bertz CT molecular complexity index is 750. The van der Waals surface area contributed by atoms with Gasteiger partial charge in [0.25, 0.3) is 5.91 Å². The van der Waals surface area contributed by atoms with E-state index in [2.05, 4.69) is 10.5 Å². The maximum absolute atomic E-state index is 13.0. The highest BCUT2D eigenvalue weighted by molar-refractivity contribution is 5.94. The second kappa shape index (κ2) is 5.62. The number of furan rings is 1. The molecule has 2 aromatic heterocycles. The number of nitrogens with one attached hydrogen (secondary N) is 1. The molecule has 0 aliphatic rings. The van der Waals surface area contributed by atoms with E-state index in [1.54, 1.807) is 18.2 Å². The Morgan fingerprint density at radius 1 is 1.19 bits per heavy atom. The lowest BCUT2D eigenvalue weighted by molar-refractivity contribution is 0.0949. The van der Waals surface area contributed by atoms with Gasteiger partial charge in [-0.1, -0.05) is 11.2 Å². The van der Waals surface area contributed by atoms with Gasteiger partial charge >= 0.3 is 0 Å². The first kappa shape index (κ1) is 13.1. The number of nitrogens with zero attached hydrogens (tertiary/aromatic N) is 1. The zero-order chi connectivity index (χ0) is 14.7. The van der Waals surface area contributed by atoms with Crippen LogP contribution in [0.3, 0.4) is 0 Å². The SMILES string of the molecule is O=C(NCc1cc(-c2ccco2)on1)c1cccc(F)c1. The summed E-state index contributed by atoms with van der Waals surface area (Å²) in [6.07, 6.45) is 1.53. The number of aromatic nitrogens is 1. The van der Waals surface area contributed by atoms with E-state index in [0.29, 0.717) is 17.2 Å². The van der Waals surface area contributed by atoms with E-state index in [4.69, 9.17) is 8.94 Å². The molecule has 2 heterocycles. The first-order valence-corrected chi connectivity index (χ1v) is 6.25. The molecule has 106 valence electrons. The van der Waals surface area contributed by atoms with E-state index in [9.17, 15) is 9.18 Å². The molecule has 1 amide bonds. The summed E-state index contributed by atoms with van der Waals surface area (Å²) in [5.74, 6) is 0.210.